The summed E-state index contributed by atoms with van der Waals surface area (Å²) in [6.45, 7) is 4.34. The fourth-order valence-corrected chi connectivity index (χ4v) is 9.04. The summed E-state index contributed by atoms with van der Waals surface area (Å²) in [5.74, 6) is 0. The first-order valence-electron chi connectivity index (χ1n) is 22.5. The lowest BCUT2D eigenvalue weighted by Gasteiger charge is -2.26. The largest absolute Gasteiger partial charge is 0.455 e. The van der Waals surface area contributed by atoms with Crippen LogP contribution in [0.3, 0.4) is 0 Å². The fraction of sp³-hybridized carbons (Fsp3) is 0.0526. The van der Waals surface area contributed by atoms with Gasteiger partial charge in [-0.25, -0.2) is 0 Å². The molecule has 280 valence electrons. The smallest absolute Gasteiger partial charge is 0.144 e. The van der Waals surface area contributed by atoms with Crippen molar-refractivity contribution in [3.05, 3.63) is 223 Å². The highest BCUT2D eigenvalue weighted by Crippen LogP contribution is 2.55. The van der Waals surface area contributed by atoms with Gasteiger partial charge in [-0.05, 0) is 98.1 Å². The molecule has 9 aromatic carbocycles. The van der Waals surface area contributed by atoms with E-state index in [1.807, 2.05) is 42.5 Å². The lowest BCUT2D eigenvalue weighted by molar-refractivity contribution is 0.654. The summed E-state index contributed by atoms with van der Waals surface area (Å²) >= 11 is 0. The summed E-state index contributed by atoms with van der Waals surface area (Å²) in [6.07, 6.45) is 0. The topological polar surface area (TPSA) is 16.4 Å². The van der Waals surface area contributed by atoms with E-state index in [1.165, 1.54) is 0 Å². The normalized spacial score (nSPS) is 13.9. The molecule has 0 radical (unpaired) electrons. The Labute approximate surface area is 352 Å². The molecule has 0 spiro atoms. The lowest BCUT2D eigenvalue weighted by atomic mass is 9.81. The Morgan fingerprint density at radius 1 is 0.424 bits per heavy atom. The minimum Gasteiger partial charge on any atom is -0.455 e. The molecule has 11 rings (SSSR count). The van der Waals surface area contributed by atoms with Crippen LogP contribution in [0.25, 0.3) is 77.6 Å². The van der Waals surface area contributed by atoms with Gasteiger partial charge in [-0.15, -0.1) is 0 Å². The van der Waals surface area contributed by atoms with E-state index in [9.17, 15) is 0 Å². The summed E-state index contributed by atoms with van der Waals surface area (Å²) < 4.78 is 50.9. The fourth-order valence-electron chi connectivity index (χ4n) is 9.04. The van der Waals surface area contributed by atoms with Crippen molar-refractivity contribution in [1.29, 1.82) is 0 Å². The Kier molecular flexibility index (Phi) is 7.01. The molecule has 0 amide bonds. The van der Waals surface area contributed by atoms with E-state index in [0.717, 1.165) is 83.5 Å². The molecule has 1 aliphatic rings. The molecule has 0 unspecified atom stereocenters. The van der Waals surface area contributed by atoms with E-state index in [4.69, 9.17) is 11.3 Å². The zero-order chi connectivity index (χ0) is 43.9. The van der Waals surface area contributed by atoms with E-state index < -0.39 is 11.5 Å². The number of para-hydroxylation sites is 1. The minimum atomic E-state index is -0.435. The maximum absolute atomic E-state index is 9.08. The second-order valence-corrected chi connectivity index (χ2v) is 15.7. The monoisotopic (exact) mass is 760 g/mol. The molecule has 1 aliphatic carbocycles. The van der Waals surface area contributed by atoms with Crippen molar-refractivity contribution < 1.29 is 11.3 Å². The molecule has 0 bridgehead atoms. The number of fused-ring (bicyclic) bond motifs is 7. The zero-order valence-corrected chi connectivity index (χ0v) is 32.7. The third-order valence-electron chi connectivity index (χ3n) is 12.0. The number of hydrogen-bond acceptors (Lipinski definition) is 2. The molecule has 2 heteroatoms. The van der Waals surface area contributed by atoms with Crippen LogP contribution in [0, 0.1) is 0 Å². The number of nitrogens with zero attached hydrogens (tertiary/aromatic N) is 1. The van der Waals surface area contributed by atoms with Crippen LogP contribution in [-0.4, -0.2) is 0 Å². The van der Waals surface area contributed by atoms with E-state index in [-0.39, 0.29) is 29.7 Å². The van der Waals surface area contributed by atoms with Crippen molar-refractivity contribution in [1.82, 2.24) is 0 Å². The molecule has 59 heavy (non-hydrogen) atoms. The van der Waals surface area contributed by atoms with Crippen LogP contribution < -0.4 is 4.90 Å². The van der Waals surface area contributed by atoms with Gasteiger partial charge >= 0.3 is 0 Å². The van der Waals surface area contributed by atoms with E-state index in [0.29, 0.717) is 16.7 Å². The van der Waals surface area contributed by atoms with E-state index in [2.05, 4.69) is 158 Å². The Morgan fingerprint density at radius 2 is 0.932 bits per heavy atom. The quantitative estimate of drug-likeness (QED) is 0.161. The predicted molar refractivity (Wildman–Crippen MR) is 248 cm³/mol. The maximum atomic E-state index is 9.08. The van der Waals surface area contributed by atoms with Gasteiger partial charge in [-0.3, -0.25) is 0 Å². The van der Waals surface area contributed by atoms with Crippen LogP contribution in [0.15, 0.2) is 217 Å². The first kappa shape index (κ1) is 29.8. The van der Waals surface area contributed by atoms with Crippen LogP contribution in [0.2, 0.25) is 0 Å². The lowest BCUT2D eigenvalue weighted by Crippen LogP contribution is -2.15. The summed E-state index contributed by atoms with van der Waals surface area (Å²) in [4.78, 5) is 2.27. The predicted octanol–water partition coefficient (Wildman–Crippen LogP) is 16.0. The molecule has 0 saturated heterocycles. The van der Waals surface area contributed by atoms with Gasteiger partial charge in [0, 0.05) is 44.4 Å². The SMILES string of the molecule is [2H]c1c([2H])c([2H])c(-c2cc3c(c4oc5c(-c6ccc(N(c7ccc(-c8ccccc8)cc7)c7ccc(-c8ccccc8)cc7)cc6)cccc5c24)-c2ccccc2C3(C)C)c([2H])c1[2H]. The van der Waals surface area contributed by atoms with Crippen LogP contribution in [0.5, 0.6) is 0 Å². The van der Waals surface area contributed by atoms with Crippen molar-refractivity contribution in [2.24, 2.45) is 0 Å². The highest BCUT2D eigenvalue weighted by molar-refractivity contribution is 6.20. The van der Waals surface area contributed by atoms with Crippen LogP contribution in [-0.2, 0) is 5.41 Å². The van der Waals surface area contributed by atoms with Gasteiger partial charge in [0.15, 0.2) is 0 Å². The van der Waals surface area contributed by atoms with Crippen molar-refractivity contribution in [2.45, 2.75) is 19.3 Å². The summed E-state index contributed by atoms with van der Waals surface area (Å²) in [5, 5.41) is 1.53. The molecule has 2 nitrogen and oxygen atoms in total. The maximum Gasteiger partial charge on any atom is 0.144 e. The zero-order valence-electron chi connectivity index (χ0n) is 37.7. The molecule has 0 aliphatic heterocycles. The number of rotatable bonds is 7. The third-order valence-corrected chi connectivity index (χ3v) is 12.0. The Balaban J connectivity index is 1.07. The van der Waals surface area contributed by atoms with Crippen LogP contribution >= 0.6 is 0 Å². The van der Waals surface area contributed by atoms with Gasteiger partial charge in [0.1, 0.15) is 11.2 Å². The second kappa shape index (κ2) is 13.9. The molecule has 0 N–H and O–H groups in total. The Hall–Kier alpha value is -7.42. The average molecular weight is 761 g/mol. The molecule has 1 aromatic heterocycles. The Bertz CT molecular complexity index is 3320. The highest BCUT2D eigenvalue weighted by Gasteiger charge is 2.38. The van der Waals surface area contributed by atoms with Gasteiger partial charge in [0.05, 0.1) is 6.85 Å². The van der Waals surface area contributed by atoms with Crippen molar-refractivity contribution in [3.63, 3.8) is 0 Å². The number of benzene rings is 9. The summed E-state index contributed by atoms with van der Waals surface area (Å²) in [5.41, 5.74) is 15.3. The Morgan fingerprint density at radius 3 is 1.53 bits per heavy atom. The standard InChI is InChI=1S/C57H41NO/c1-57(2)51-24-13-12-21-48(51)54-52(57)37-50(42-19-10-5-11-20-42)53-49-23-14-22-47(55(49)59-56(53)54)43-29-35-46(36-30-43)58(44-31-25-40(26-32-44)38-15-6-3-7-16-38)45-33-27-41(28-34-45)39-17-8-4-9-18-39/h3-37H,1-2H3/i5D,10D,11D,19D,20D. The molecule has 0 atom stereocenters. The minimum absolute atomic E-state index is 0.164. The van der Waals surface area contributed by atoms with Gasteiger partial charge in [0.25, 0.3) is 0 Å². The molecular weight excluding hydrogens is 715 g/mol. The summed E-state index contributed by atoms with van der Waals surface area (Å²) in [7, 11) is 0. The van der Waals surface area contributed by atoms with E-state index >= 15 is 0 Å². The average Bonchev–Trinajstić information content (AvgIpc) is 3.84. The number of anilines is 3. The van der Waals surface area contributed by atoms with Gasteiger partial charge in [-0.1, -0.05) is 184 Å². The molecule has 0 fully saturated rings. The second-order valence-electron chi connectivity index (χ2n) is 15.7. The van der Waals surface area contributed by atoms with Crippen molar-refractivity contribution in [3.8, 4) is 55.6 Å². The number of hydrogen-bond donors (Lipinski definition) is 0. The van der Waals surface area contributed by atoms with Gasteiger partial charge in [-0.2, -0.15) is 0 Å². The molecule has 10 aromatic rings. The first-order valence-corrected chi connectivity index (χ1v) is 20.0. The van der Waals surface area contributed by atoms with Crippen LogP contribution in [0.1, 0.15) is 31.8 Å². The molecule has 1 heterocycles. The highest BCUT2D eigenvalue weighted by atomic mass is 16.3. The third kappa shape index (κ3) is 5.79. The van der Waals surface area contributed by atoms with Gasteiger partial charge < -0.3 is 9.32 Å². The summed E-state index contributed by atoms with van der Waals surface area (Å²) in [6, 6.07) is 61.5. The van der Waals surface area contributed by atoms with Crippen molar-refractivity contribution in [2.75, 3.05) is 4.90 Å². The molecule has 0 saturated carbocycles. The van der Waals surface area contributed by atoms with Gasteiger partial charge in [0.2, 0.25) is 0 Å². The molecular formula is C57H41NO. The van der Waals surface area contributed by atoms with E-state index in [1.54, 1.807) is 0 Å². The number of furan rings is 1. The van der Waals surface area contributed by atoms with Crippen molar-refractivity contribution >= 4 is 39.0 Å². The van der Waals surface area contributed by atoms with Crippen LogP contribution in [0.4, 0.5) is 17.1 Å². The first-order chi connectivity index (χ1) is 31.1.